The van der Waals surface area contributed by atoms with E-state index in [9.17, 15) is 4.79 Å². The number of anilines is 2. The summed E-state index contributed by atoms with van der Waals surface area (Å²) in [5.41, 5.74) is 4.26. The predicted octanol–water partition coefficient (Wildman–Crippen LogP) is 3.60. The predicted molar refractivity (Wildman–Crippen MR) is 140 cm³/mol. The van der Waals surface area contributed by atoms with Gasteiger partial charge in [0.15, 0.2) is 0 Å². The van der Waals surface area contributed by atoms with Crippen molar-refractivity contribution < 1.29 is 14.3 Å². The third-order valence-electron chi connectivity index (χ3n) is 6.11. The fourth-order valence-corrected chi connectivity index (χ4v) is 4.21. The molecule has 1 aliphatic rings. The Balaban J connectivity index is 1.27. The summed E-state index contributed by atoms with van der Waals surface area (Å²) in [4.78, 5) is 32.3. The van der Waals surface area contributed by atoms with E-state index in [0.717, 1.165) is 22.3 Å². The van der Waals surface area contributed by atoms with Crippen LogP contribution in [-0.4, -0.2) is 67.2 Å². The van der Waals surface area contributed by atoms with Gasteiger partial charge in [-0.15, -0.1) is 0 Å². The van der Waals surface area contributed by atoms with Crippen LogP contribution in [0.1, 0.15) is 16.1 Å². The second-order valence-corrected chi connectivity index (χ2v) is 8.66. The Bertz CT molecular complexity index is 1550. The van der Waals surface area contributed by atoms with Crippen LogP contribution in [0.4, 0.5) is 11.6 Å². The van der Waals surface area contributed by atoms with Crippen LogP contribution in [0.15, 0.2) is 73.4 Å². The molecule has 2 aromatic carbocycles. The number of rotatable bonds is 7. The van der Waals surface area contributed by atoms with Gasteiger partial charge < -0.3 is 19.7 Å². The Morgan fingerprint density at radius 3 is 2.82 bits per heavy atom. The van der Waals surface area contributed by atoms with Crippen LogP contribution in [0.3, 0.4) is 0 Å². The van der Waals surface area contributed by atoms with Crippen molar-refractivity contribution in [3.63, 3.8) is 0 Å². The fourth-order valence-electron chi connectivity index (χ4n) is 4.21. The van der Waals surface area contributed by atoms with E-state index in [1.165, 1.54) is 0 Å². The van der Waals surface area contributed by atoms with Crippen LogP contribution < -0.4 is 10.1 Å². The van der Waals surface area contributed by atoms with Crippen molar-refractivity contribution in [3.8, 4) is 17.0 Å². The number of amides is 1. The molecule has 0 unspecified atom stereocenters. The average molecular weight is 509 g/mol. The molecule has 0 radical (unpaired) electrons. The fraction of sp³-hybridized carbons (Fsp3) is 0.185. The number of carbonyl (C=O) groups excluding carboxylic acids is 1. The summed E-state index contributed by atoms with van der Waals surface area (Å²) in [6.07, 6.45) is 8.41. The van der Waals surface area contributed by atoms with Crippen LogP contribution in [0.5, 0.6) is 5.75 Å². The van der Waals surface area contributed by atoms with E-state index >= 15 is 0 Å². The first-order valence-corrected chi connectivity index (χ1v) is 12.2. The van der Waals surface area contributed by atoms with Crippen LogP contribution in [0, 0.1) is 0 Å². The molecule has 4 heterocycles. The molecular formula is C27H24N8O3. The lowest BCUT2D eigenvalue weighted by molar-refractivity contribution is 0.0303. The Morgan fingerprint density at radius 1 is 1.08 bits per heavy atom. The number of nitrogens with zero attached hydrogens (tertiary/aromatic N) is 6. The Morgan fingerprint density at radius 2 is 2.00 bits per heavy atom. The van der Waals surface area contributed by atoms with Crippen molar-refractivity contribution >= 4 is 28.4 Å². The van der Waals surface area contributed by atoms with Gasteiger partial charge in [-0.2, -0.15) is 5.10 Å². The molecule has 11 nitrogen and oxygen atoms in total. The summed E-state index contributed by atoms with van der Waals surface area (Å²) >= 11 is 0. The Kier molecular flexibility index (Phi) is 6.56. The second-order valence-electron chi connectivity index (χ2n) is 8.66. The second kappa shape index (κ2) is 10.6. The van der Waals surface area contributed by atoms with Gasteiger partial charge >= 0.3 is 0 Å². The molecule has 190 valence electrons. The number of aromatic nitrogens is 6. The van der Waals surface area contributed by atoms with Crippen LogP contribution in [0.25, 0.3) is 22.2 Å². The van der Waals surface area contributed by atoms with Crippen LogP contribution in [0.2, 0.25) is 0 Å². The lowest BCUT2D eigenvalue weighted by Crippen LogP contribution is -2.40. The van der Waals surface area contributed by atoms with Crippen molar-refractivity contribution in [3.05, 3.63) is 84.7 Å². The molecular weight excluding hydrogens is 484 g/mol. The van der Waals surface area contributed by atoms with E-state index < -0.39 is 0 Å². The first-order valence-electron chi connectivity index (χ1n) is 12.2. The van der Waals surface area contributed by atoms with Gasteiger partial charge in [0.05, 0.1) is 36.3 Å². The third-order valence-corrected chi connectivity index (χ3v) is 6.11. The van der Waals surface area contributed by atoms with Crippen molar-refractivity contribution in [1.82, 2.24) is 35.0 Å². The van der Waals surface area contributed by atoms with E-state index in [-0.39, 0.29) is 12.5 Å². The van der Waals surface area contributed by atoms with E-state index in [1.807, 2.05) is 42.5 Å². The molecule has 3 aromatic heterocycles. The number of aromatic amines is 1. The summed E-state index contributed by atoms with van der Waals surface area (Å²) in [6.45, 7) is 2.54. The SMILES string of the molecule is O=C(c1cccc(Nc2ncc3cc(-c4cc[nH]n4)c(OCc4cnccn4)cc3n2)c1)N1CCOCC1. The molecule has 0 atom stereocenters. The number of morpholine rings is 1. The average Bonchev–Trinajstić information content (AvgIpc) is 3.51. The van der Waals surface area contributed by atoms with E-state index in [4.69, 9.17) is 14.5 Å². The van der Waals surface area contributed by atoms with Gasteiger partial charge in [-0.1, -0.05) is 6.07 Å². The number of carbonyl (C=O) groups is 1. The molecule has 0 aliphatic carbocycles. The minimum atomic E-state index is -0.0211. The number of hydrogen-bond acceptors (Lipinski definition) is 9. The van der Waals surface area contributed by atoms with Crippen molar-refractivity contribution in [1.29, 1.82) is 0 Å². The zero-order valence-corrected chi connectivity index (χ0v) is 20.4. The van der Waals surface area contributed by atoms with Crippen molar-refractivity contribution in [2.24, 2.45) is 0 Å². The molecule has 2 N–H and O–H groups in total. The van der Waals surface area contributed by atoms with Gasteiger partial charge in [0.1, 0.15) is 12.4 Å². The third kappa shape index (κ3) is 5.13. The Labute approximate surface area is 217 Å². The molecule has 0 saturated carbocycles. The molecule has 1 fully saturated rings. The van der Waals surface area contributed by atoms with Gasteiger partial charge in [-0.05, 0) is 30.3 Å². The van der Waals surface area contributed by atoms with Gasteiger partial charge in [-0.3, -0.25) is 19.9 Å². The largest absolute Gasteiger partial charge is 0.486 e. The summed E-state index contributed by atoms with van der Waals surface area (Å²) < 4.78 is 11.5. The summed E-state index contributed by atoms with van der Waals surface area (Å²) in [6, 6.07) is 13.0. The number of nitrogens with one attached hydrogen (secondary N) is 2. The van der Waals surface area contributed by atoms with Crippen molar-refractivity contribution in [2.75, 3.05) is 31.6 Å². The normalized spacial score (nSPS) is 13.4. The van der Waals surface area contributed by atoms with Gasteiger partial charge in [0.25, 0.3) is 5.91 Å². The zero-order valence-electron chi connectivity index (χ0n) is 20.4. The highest BCUT2D eigenvalue weighted by Gasteiger charge is 2.19. The summed E-state index contributed by atoms with van der Waals surface area (Å²) in [5, 5.41) is 11.2. The van der Waals surface area contributed by atoms with E-state index in [1.54, 1.807) is 35.9 Å². The number of hydrogen-bond donors (Lipinski definition) is 2. The smallest absolute Gasteiger partial charge is 0.254 e. The van der Waals surface area contributed by atoms with Crippen molar-refractivity contribution in [2.45, 2.75) is 6.61 Å². The molecule has 5 aromatic rings. The maximum absolute atomic E-state index is 12.9. The monoisotopic (exact) mass is 508 g/mol. The lowest BCUT2D eigenvalue weighted by atomic mass is 10.1. The molecule has 38 heavy (non-hydrogen) atoms. The molecule has 0 spiro atoms. The zero-order chi connectivity index (χ0) is 25.7. The van der Waals surface area contributed by atoms with E-state index in [2.05, 4.69) is 30.5 Å². The van der Waals surface area contributed by atoms with Crippen LogP contribution >= 0.6 is 0 Å². The van der Waals surface area contributed by atoms with Gasteiger partial charge in [0, 0.05) is 66.1 Å². The molecule has 1 aliphatic heterocycles. The van der Waals surface area contributed by atoms with Gasteiger partial charge in [0.2, 0.25) is 5.95 Å². The Hall–Kier alpha value is -4.90. The molecule has 1 amide bonds. The number of H-pyrrole nitrogens is 1. The molecule has 1 saturated heterocycles. The molecule has 6 rings (SSSR count). The standard InChI is InChI=1S/C27H24N8O3/c36-26(35-8-10-37-11-9-35)18-2-1-3-20(12-18)32-27-30-15-19-13-22(23-4-5-31-34-23)25(14-24(19)33-27)38-17-21-16-28-6-7-29-21/h1-7,12-16H,8-11,17H2,(H,31,34)(H,30,32,33). The molecule has 0 bridgehead atoms. The topological polar surface area (TPSA) is 131 Å². The first kappa shape index (κ1) is 23.5. The number of benzene rings is 2. The highest BCUT2D eigenvalue weighted by molar-refractivity contribution is 5.95. The maximum atomic E-state index is 12.9. The maximum Gasteiger partial charge on any atom is 0.254 e. The minimum Gasteiger partial charge on any atom is -0.486 e. The quantitative estimate of drug-likeness (QED) is 0.338. The highest BCUT2D eigenvalue weighted by atomic mass is 16.5. The first-order chi connectivity index (χ1) is 18.7. The summed E-state index contributed by atoms with van der Waals surface area (Å²) in [5.74, 6) is 0.992. The number of fused-ring (bicyclic) bond motifs is 1. The highest BCUT2D eigenvalue weighted by Crippen LogP contribution is 2.33. The lowest BCUT2D eigenvalue weighted by Gasteiger charge is -2.27. The number of ether oxygens (including phenoxy) is 2. The minimum absolute atomic E-state index is 0.0211. The van der Waals surface area contributed by atoms with E-state index in [0.29, 0.717) is 54.8 Å². The van der Waals surface area contributed by atoms with Gasteiger partial charge in [-0.25, -0.2) is 9.97 Å². The summed E-state index contributed by atoms with van der Waals surface area (Å²) in [7, 11) is 0. The van der Waals surface area contributed by atoms with Crippen LogP contribution in [-0.2, 0) is 11.3 Å². The molecule has 11 heteroatoms.